The van der Waals surface area contributed by atoms with Crippen LogP contribution >= 0.6 is 0 Å². The minimum absolute atomic E-state index is 0.132. The Labute approximate surface area is 221 Å². The van der Waals surface area contributed by atoms with Crippen molar-refractivity contribution in [2.75, 3.05) is 11.5 Å². The zero-order valence-electron chi connectivity index (χ0n) is 21.4. The second-order valence-corrected chi connectivity index (χ2v) is 11.6. The molecule has 216 valence electrons. The average molecular weight is 583 g/mol. The van der Waals surface area contributed by atoms with E-state index in [2.05, 4.69) is 23.8 Å². The van der Waals surface area contributed by atoms with Crippen molar-refractivity contribution in [2.45, 2.75) is 45.2 Å². The maximum atomic E-state index is 11.4. The molecule has 2 amide bonds. The van der Waals surface area contributed by atoms with Crippen molar-refractivity contribution in [1.82, 2.24) is 10.6 Å². The molecule has 0 saturated heterocycles. The maximum Gasteiger partial charge on any atom is 0.333 e. The molecule has 0 aromatic heterocycles. The molecule has 1 rings (SSSR count). The van der Waals surface area contributed by atoms with Crippen molar-refractivity contribution in [1.29, 1.82) is 0 Å². The van der Waals surface area contributed by atoms with Crippen LogP contribution in [-0.2, 0) is 39.4 Å². The van der Waals surface area contributed by atoms with Gasteiger partial charge in [0, 0.05) is 0 Å². The lowest BCUT2D eigenvalue weighted by Gasteiger charge is -2.36. The van der Waals surface area contributed by atoms with E-state index in [-0.39, 0.29) is 11.3 Å². The van der Waals surface area contributed by atoms with Crippen LogP contribution in [0, 0.1) is 5.92 Å². The molecular weight excluding hydrogens is 548 g/mol. The summed E-state index contributed by atoms with van der Waals surface area (Å²) >= 11 is 0. The van der Waals surface area contributed by atoms with E-state index >= 15 is 0 Å². The van der Waals surface area contributed by atoms with Crippen LogP contribution in [0.1, 0.15) is 34.1 Å². The van der Waals surface area contributed by atoms with Crippen molar-refractivity contribution < 1.29 is 55.3 Å². The number of carboxylic acids is 2. The summed E-state index contributed by atoms with van der Waals surface area (Å²) in [5.41, 5.74) is -2.70. The van der Waals surface area contributed by atoms with Gasteiger partial charge in [-0.05, 0) is 45.4 Å². The lowest BCUT2D eigenvalue weighted by atomic mass is 9.75. The SMILES string of the molecule is C=CC(=O)NC(C)(C)CS(=O)(=O)O.C=CC(=O)NC1(C)C(C(=O)O)=CC=CC1C(=O)O.CCCS(=O)(=O)O. The van der Waals surface area contributed by atoms with Crippen LogP contribution in [0.3, 0.4) is 0 Å². The van der Waals surface area contributed by atoms with Crippen LogP contribution in [0.15, 0.2) is 49.1 Å². The van der Waals surface area contributed by atoms with Gasteiger partial charge in [-0.1, -0.05) is 32.2 Å². The molecule has 16 heteroatoms. The minimum Gasteiger partial charge on any atom is -0.481 e. The summed E-state index contributed by atoms with van der Waals surface area (Å²) in [5.74, 6) is -5.42. The highest BCUT2D eigenvalue weighted by molar-refractivity contribution is 7.86. The van der Waals surface area contributed by atoms with E-state index in [1.807, 2.05) is 0 Å². The molecule has 38 heavy (non-hydrogen) atoms. The quantitative estimate of drug-likeness (QED) is 0.153. The van der Waals surface area contributed by atoms with E-state index in [0.717, 1.165) is 12.2 Å². The molecule has 0 saturated carbocycles. The van der Waals surface area contributed by atoms with Gasteiger partial charge in [-0.3, -0.25) is 23.5 Å². The number of rotatable bonds is 10. The van der Waals surface area contributed by atoms with Crippen molar-refractivity contribution in [3.63, 3.8) is 0 Å². The van der Waals surface area contributed by atoms with Crippen LogP contribution < -0.4 is 10.6 Å². The molecule has 2 atom stereocenters. The number of carbonyl (C=O) groups is 4. The third-order valence-corrected chi connectivity index (χ3v) is 6.48. The number of hydrogen-bond acceptors (Lipinski definition) is 8. The van der Waals surface area contributed by atoms with Crippen LogP contribution in [-0.4, -0.2) is 82.5 Å². The number of amides is 2. The molecule has 0 aromatic carbocycles. The zero-order chi connectivity index (χ0) is 30.5. The monoisotopic (exact) mass is 582 g/mol. The number of carboxylic acid groups (broad SMARTS) is 2. The second-order valence-electron chi connectivity index (χ2n) is 8.57. The third kappa shape index (κ3) is 15.0. The molecule has 1 aliphatic carbocycles. The predicted molar refractivity (Wildman–Crippen MR) is 138 cm³/mol. The summed E-state index contributed by atoms with van der Waals surface area (Å²) in [6, 6.07) is 0. The van der Waals surface area contributed by atoms with Gasteiger partial charge in [0.15, 0.2) is 0 Å². The van der Waals surface area contributed by atoms with Gasteiger partial charge in [0.25, 0.3) is 20.2 Å². The predicted octanol–water partition coefficient (Wildman–Crippen LogP) is 0.568. The fourth-order valence-corrected chi connectivity index (χ4v) is 4.51. The van der Waals surface area contributed by atoms with Crippen LogP contribution in [0.4, 0.5) is 0 Å². The first kappa shape index (κ1) is 36.8. The summed E-state index contributed by atoms with van der Waals surface area (Å²) in [5, 5.41) is 22.9. The van der Waals surface area contributed by atoms with E-state index < -0.39 is 66.7 Å². The maximum absolute atomic E-state index is 11.4. The Hall–Kier alpha value is -3.34. The van der Waals surface area contributed by atoms with Crippen LogP contribution in [0.25, 0.3) is 0 Å². The summed E-state index contributed by atoms with van der Waals surface area (Å²) in [6.45, 7) is 12.5. The van der Waals surface area contributed by atoms with E-state index in [0.29, 0.717) is 6.42 Å². The first-order chi connectivity index (χ1) is 17.0. The van der Waals surface area contributed by atoms with E-state index in [1.165, 1.54) is 39.0 Å². The molecule has 1 aliphatic rings. The molecule has 14 nitrogen and oxygen atoms in total. The first-order valence-electron chi connectivity index (χ1n) is 10.7. The Morgan fingerprint density at radius 3 is 1.84 bits per heavy atom. The van der Waals surface area contributed by atoms with E-state index in [4.69, 9.17) is 19.3 Å². The first-order valence-corrected chi connectivity index (χ1v) is 13.9. The molecule has 0 bridgehead atoms. The average Bonchev–Trinajstić information content (AvgIpc) is 2.70. The Morgan fingerprint density at radius 1 is 1.03 bits per heavy atom. The van der Waals surface area contributed by atoms with Crippen LogP contribution in [0.5, 0.6) is 0 Å². The van der Waals surface area contributed by atoms with E-state index in [1.54, 1.807) is 6.92 Å². The molecule has 0 spiro atoms. The fraction of sp³-hybridized carbons (Fsp3) is 0.455. The number of carbonyl (C=O) groups excluding carboxylic acids is 2. The fourth-order valence-electron chi connectivity index (χ4n) is 3.01. The lowest BCUT2D eigenvalue weighted by molar-refractivity contribution is -0.142. The summed E-state index contributed by atoms with van der Waals surface area (Å²) in [6.07, 6.45) is 6.42. The highest BCUT2D eigenvalue weighted by Crippen LogP contribution is 2.31. The van der Waals surface area contributed by atoms with Gasteiger partial charge in [0.1, 0.15) is 5.92 Å². The van der Waals surface area contributed by atoms with Crippen molar-refractivity contribution in [2.24, 2.45) is 5.92 Å². The molecule has 0 aromatic rings. The summed E-state index contributed by atoms with van der Waals surface area (Å²) in [7, 11) is -7.76. The third-order valence-electron chi connectivity index (χ3n) is 4.47. The Balaban J connectivity index is 0. The van der Waals surface area contributed by atoms with Gasteiger partial charge in [-0.25, -0.2) is 4.79 Å². The lowest BCUT2D eigenvalue weighted by Crippen LogP contribution is -2.56. The Kier molecular flexibility index (Phi) is 14.7. The molecule has 0 heterocycles. The normalized spacial score (nSPS) is 18.7. The summed E-state index contributed by atoms with van der Waals surface area (Å²) in [4.78, 5) is 44.5. The standard InChI is InChI=1S/C12H13NO5.C7H13NO4S.C3H8O3S/c1-3-9(14)13-12(2)7(10(15)16)5-4-6-8(12)11(17)18;1-4-6(9)8-7(2,3)5-13(10,11)12;1-2-3-7(4,5)6/h3-7H,1H2,2H3,(H,13,14)(H,15,16)(H,17,18);4H,1,5H2,2-3H3,(H,8,9)(H,10,11,12);2-3H2,1H3,(H,4,5,6). The molecule has 6 N–H and O–H groups in total. The molecule has 0 fully saturated rings. The zero-order valence-corrected chi connectivity index (χ0v) is 23.0. The number of allylic oxidation sites excluding steroid dienone is 2. The number of nitrogens with one attached hydrogen (secondary N) is 2. The smallest absolute Gasteiger partial charge is 0.333 e. The molecule has 0 radical (unpaired) electrons. The number of hydrogen-bond donors (Lipinski definition) is 6. The molecular formula is C22H34N2O12S2. The summed E-state index contributed by atoms with van der Waals surface area (Å²) < 4.78 is 57.1. The van der Waals surface area contributed by atoms with Gasteiger partial charge in [-0.15, -0.1) is 0 Å². The number of aliphatic carboxylic acids is 2. The Morgan fingerprint density at radius 2 is 1.53 bits per heavy atom. The van der Waals surface area contributed by atoms with Gasteiger partial charge in [0.05, 0.1) is 28.2 Å². The largest absolute Gasteiger partial charge is 0.481 e. The Bertz CT molecular complexity index is 1180. The van der Waals surface area contributed by atoms with Gasteiger partial charge < -0.3 is 20.8 Å². The van der Waals surface area contributed by atoms with Crippen molar-refractivity contribution in [3.05, 3.63) is 49.1 Å². The highest BCUT2D eigenvalue weighted by atomic mass is 32.2. The van der Waals surface area contributed by atoms with Crippen molar-refractivity contribution >= 4 is 44.0 Å². The van der Waals surface area contributed by atoms with Crippen molar-refractivity contribution in [3.8, 4) is 0 Å². The highest BCUT2D eigenvalue weighted by Gasteiger charge is 2.45. The van der Waals surface area contributed by atoms with Gasteiger partial charge in [0.2, 0.25) is 11.8 Å². The van der Waals surface area contributed by atoms with Crippen LogP contribution in [0.2, 0.25) is 0 Å². The topological polar surface area (TPSA) is 242 Å². The van der Waals surface area contributed by atoms with Gasteiger partial charge in [-0.2, -0.15) is 16.8 Å². The second kappa shape index (κ2) is 15.2. The molecule has 0 aliphatic heterocycles. The van der Waals surface area contributed by atoms with E-state index in [9.17, 15) is 36.0 Å². The molecule has 2 unspecified atom stereocenters. The minimum atomic E-state index is -4.08. The van der Waals surface area contributed by atoms with Gasteiger partial charge >= 0.3 is 11.9 Å².